The van der Waals surface area contributed by atoms with Crippen LogP contribution in [0.3, 0.4) is 0 Å². The number of rotatable bonds is 3. The largest absolute Gasteiger partial charge is 0.379 e. The number of morpholine rings is 1. The van der Waals surface area contributed by atoms with Gasteiger partial charge in [0.25, 0.3) is 0 Å². The Morgan fingerprint density at radius 2 is 2.10 bits per heavy atom. The van der Waals surface area contributed by atoms with Gasteiger partial charge in [-0.1, -0.05) is 0 Å². The fraction of sp³-hybridized carbons (Fsp3) is 0.667. The molecule has 4 rings (SSSR count). The SMILES string of the molecule is Brc1cncc(N2C(CN3CCOCC3)CC3CC32)c1. The first-order chi connectivity index (χ1) is 9.81. The van der Waals surface area contributed by atoms with Gasteiger partial charge in [-0.15, -0.1) is 0 Å². The minimum absolute atomic E-state index is 0.646. The van der Waals surface area contributed by atoms with Crippen LogP contribution >= 0.6 is 15.9 Å². The van der Waals surface area contributed by atoms with Crippen molar-refractivity contribution in [2.24, 2.45) is 5.92 Å². The maximum Gasteiger partial charge on any atom is 0.0594 e. The molecule has 3 aliphatic rings. The van der Waals surface area contributed by atoms with Crippen molar-refractivity contribution in [1.82, 2.24) is 9.88 Å². The number of halogens is 1. The maximum absolute atomic E-state index is 5.45. The minimum atomic E-state index is 0.646. The molecule has 2 saturated heterocycles. The van der Waals surface area contributed by atoms with Crippen LogP contribution in [0.2, 0.25) is 0 Å². The highest BCUT2D eigenvalue weighted by molar-refractivity contribution is 9.10. The van der Waals surface area contributed by atoms with E-state index < -0.39 is 0 Å². The van der Waals surface area contributed by atoms with Crippen LogP contribution in [0.4, 0.5) is 5.69 Å². The van der Waals surface area contributed by atoms with Gasteiger partial charge in [0.1, 0.15) is 0 Å². The second-order valence-electron chi connectivity index (χ2n) is 6.13. The Bertz CT molecular complexity index is 492. The van der Waals surface area contributed by atoms with Gasteiger partial charge in [0.15, 0.2) is 0 Å². The van der Waals surface area contributed by atoms with Crippen molar-refractivity contribution in [3.63, 3.8) is 0 Å². The molecule has 20 heavy (non-hydrogen) atoms. The van der Waals surface area contributed by atoms with Crippen LogP contribution < -0.4 is 4.90 Å². The summed E-state index contributed by atoms with van der Waals surface area (Å²) in [6.45, 7) is 5.10. The summed E-state index contributed by atoms with van der Waals surface area (Å²) in [5.74, 6) is 0.917. The van der Waals surface area contributed by atoms with E-state index in [-0.39, 0.29) is 0 Å². The van der Waals surface area contributed by atoms with Crippen molar-refractivity contribution in [1.29, 1.82) is 0 Å². The molecular weight excluding hydrogens is 318 g/mol. The minimum Gasteiger partial charge on any atom is -0.379 e. The first kappa shape index (κ1) is 13.0. The number of piperidine rings is 1. The Morgan fingerprint density at radius 1 is 1.25 bits per heavy atom. The first-order valence-electron chi connectivity index (χ1n) is 7.50. The third-order valence-electron chi connectivity index (χ3n) is 4.77. The number of fused-ring (bicyclic) bond motifs is 1. The van der Waals surface area contributed by atoms with Gasteiger partial charge >= 0.3 is 0 Å². The standard InChI is InChI=1S/C15H20BrN3O/c16-12-7-13(9-17-8-12)19-14(5-11-6-15(11)19)10-18-1-3-20-4-2-18/h7-9,11,14-15H,1-6,10H2. The van der Waals surface area contributed by atoms with Crippen LogP contribution in [0.15, 0.2) is 22.9 Å². The molecule has 5 heteroatoms. The summed E-state index contributed by atoms with van der Waals surface area (Å²) < 4.78 is 6.52. The highest BCUT2D eigenvalue weighted by atomic mass is 79.9. The molecular formula is C15H20BrN3O. The van der Waals surface area contributed by atoms with E-state index in [0.717, 1.165) is 42.7 Å². The van der Waals surface area contributed by atoms with Gasteiger partial charge in [-0.05, 0) is 40.8 Å². The highest BCUT2D eigenvalue weighted by Gasteiger charge is 2.52. The topological polar surface area (TPSA) is 28.6 Å². The van der Waals surface area contributed by atoms with Gasteiger partial charge in [0, 0.05) is 42.4 Å². The lowest BCUT2D eigenvalue weighted by Gasteiger charge is -2.35. The normalized spacial score (nSPS) is 33.2. The molecule has 0 N–H and O–H groups in total. The number of pyridine rings is 1. The van der Waals surface area contributed by atoms with E-state index in [1.54, 1.807) is 0 Å². The lowest BCUT2D eigenvalue weighted by atomic mass is 10.1. The fourth-order valence-corrected chi connectivity index (χ4v) is 4.10. The zero-order chi connectivity index (χ0) is 13.5. The summed E-state index contributed by atoms with van der Waals surface area (Å²) in [5, 5.41) is 0. The molecule has 2 aliphatic heterocycles. The van der Waals surface area contributed by atoms with Crippen molar-refractivity contribution in [2.45, 2.75) is 24.9 Å². The predicted octanol–water partition coefficient (Wildman–Crippen LogP) is 2.14. The fourth-order valence-electron chi connectivity index (χ4n) is 3.75. The number of ether oxygens (including phenoxy) is 1. The summed E-state index contributed by atoms with van der Waals surface area (Å²) in [6.07, 6.45) is 6.58. The highest BCUT2D eigenvalue weighted by Crippen LogP contribution is 2.50. The third-order valence-corrected chi connectivity index (χ3v) is 5.21. The average molecular weight is 338 g/mol. The summed E-state index contributed by atoms with van der Waals surface area (Å²) in [6, 6.07) is 3.62. The zero-order valence-corrected chi connectivity index (χ0v) is 13.1. The lowest BCUT2D eigenvalue weighted by Crippen LogP contribution is -2.46. The van der Waals surface area contributed by atoms with E-state index in [0.29, 0.717) is 6.04 Å². The Kier molecular flexibility index (Phi) is 3.44. The van der Waals surface area contributed by atoms with E-state index in [4.69, 9.17) is 4.74 Å². The molecule has 1 aliphatic carbocycles. The van der Waals surface area contributed by atoms with E-state index in [2.05, 4.69) is 36.8 Å². The smallest absolute Gasteiger partial charge is 0.0594 e. The molecule has 0 bridgehead atoms. The molecule has 0 amide bonds. The van der Waals surface area contributed by atoms with Crippen LogP contribution in [-0.4, -0.2) is 54.8 Å². The Balaban J connectivity index is 1.50. The maximum atomic E-state index is 5.45. The summed E-state index contributed by atoms with van der Waals surface area (Å²) in [5.41, 5.74) is 1.28. The summed E-state index contributed by atoms with van der Waals surface area (Å²) in [7, 11) is 0. The first-order valence-corrected chi connectivity index (χ1v) is 8.29. The zero-order valence-electron chi connectivity index (χ0n) is 11.5. The molecule has 1 aromatic heterocycles. The number of anilines is 1. The average Bonchev–Trinajstić information content (AvgIpc) is 3.11. The molecule has 108 valence electrons. The van der Waals surface area contributed by atoms with Gasteiger partial charge < -0.3 is 9.64 Å². The van der Waals surface area contributed by atoms with E-state index in [1.165, 1.54) is 25.1 Å². The van der Waals surface area contributed by atoms with Crippen molar-refractivity contribution >= 4 is 21.6 Å². The van der Waals surface area contributed by atoms with Gasteiger partial charge in [0.2, 0.25) is 0 Å². The van der Waals surface area contributed by atoms with Crippen molar-refractivity contribution in [3.8, 4) is 0 Å². The molecule has 1 aromatic rings. The Morgan fingerprint density at radius 3 is 2.90 bits per heavy atom. The molecule has 0 spiro atoms. The number of aromatic nitrogens is 1. The van der Waals surface area contributed by atoms with Crippen LogP contribution in [-0.2, 0) is 4.74 Å². The molecule has 0 aromatic carbocycles. The van der Waals surface area contributed by atoms with Gasteiger partial charge in [-0.25, -0.2) is 0 Å². The summed E-state index contributed by atoms with van der Waals surface area (Å²) in [4.78, 5) is 9.52. The van der Waals surface area contributed by atoms with Crippen LogP contribution in [0.25, 0.3) is 0 Å². The molecule has 3 fully saturated rings. The van der Waals surface area contributed by atoms with Crippen LogP contribution in [0, 0.1) is 5.92 Å². The van der Waals surface area contributed by atoms with E-state index >= 15 is 0 Å². The number of hydrogen-bond acceptors (Lipinski definition) is 4. The van der Waals surface area contributed by atoms with Crippen molar-refractivity contribution in [3.05, 3.63) is 22.9 Å². The van der Waals surface area contributed by atoms with Gasteiger partial charge in [-0.3, -0.25) is 9.88 Å². The Hall–Kier alpha value is -0.650. The molecule has 3 heterocycles. The molecule has 4 nitrogen and oxygen atoms in total. The second-order valence-corrected chi connectivity index (χ2v) is 7.05. The van der Waals surface area contributed by atoms with Crippen molar-refractivity contribution < 1.29 is 4.74 Å². The van der Waals surface area contributed by atoms with E-state index in [1.807, 2.05) is 12.4 Å². The lowest BCUT2D eigenvalue weighted by molar-refractivity contribution is 0.0350. The molecule has 3 unspecified atom stereocenters. The second kappa shape index (κ2) is 5.28. The monoisotopic (exact) mass is 337 g/mol. The number of nitrogens with zero attached hydrogens (tertiary/aromatic N) is 3. The van der Waals surface area contributed by atoms with Crippen molar-refractivity contribution in [2.75, 3.05) is 37.7 Å². The van der Waals surface area contributed by atoms with Gasteiger partial charge in [-0.2, -0.15) is 0 Å². The summed E-state index contributed by atoms with van der Waals surface area (Å²) >= 11 is 3.55. The quantitative estimate of drug-likeness (QED) is 0.844. The molecule has 1 saturated carbocycles. The third kappa shape index (κ3) is 2.47. The Labute approximate surface area is 128 Å². The van der Waals surface area contributed by atoms with Crippen LogP contribution in [0.1, 0.15) is 12.8 Å². The predicted molar refractivity (Wildman–Crippen MR) is 82.0 cm³/mol. The van der Waals surface area contributed by atoms with Crippen LogP contribution in [0.5, 0.6) is 0 Å². The van der Waals surface area contributed by atoms with E-state index in [9.17, 15) is 0 Å². The number of hydrogen-bond donors (Lipinski definition) is 0. The molecule has 0 radical (unpaired) electrons. The molecule has 3 atom stereocenters. The van der Waals surface area contributed by atoms with Gasteiger partial charge in [0.05, 0.1) is 25.1 Å².